The molecule has 1 aromatic carbocycles. The molecule has 0 radical (unpaired) electrons. The number of piperazine rings is 1. The molecule has 21 heavy (non-hydrogen) atoms. The van der Waals surface area contributed by atoms with Crippen LogP contribution in [0.1, 0.15) is 12.0 Å². The Morgan fingerprint density at radius 1 is 1.19 bits per heavy atom. The van der Waals surface area contributed by atoms with Crippen molar-refractivity contribution in [3.05, 3.63) is 34.9 Å². The van der Waals surface area contributed by atoms with E-state index in [1.54, 1.807) is 4.90 Å². The lowest BCUT2D eigenvalue weighted by molar-refractivity contribution is -0.135. The Hall–Kier alpha value is -1.59. The normalized spacial score (nSPS) is 15.1. The molecule has 1 saturated heterocycles. The number of hydrogen-bond acceptors (Lipinski definition) is 3. The molecule has 0 unspecified atom stereocenters. The summed E-state index contributed by atoms with van der Waals surface area (Å²) in [6.45, 7) is 3.91. The molecule has 1 heterocycles. The quantitative estimate of drug-likeness (QED) is 0.633. The Labute approximate surface area is 129 Å². The van der Waals surface area contributed by atoms with Gasteiger partial charge in [0.15, 0.2) is 0 Å². The molecule has 6 heteroatoms. The molecule has 1 aliphatic heterocycles. The largest absolute Gasteiger partial charge is 0.342 e. The third kappa shape index (κ3) is 5.02. The number of nitrogens with zero attached hydrogens (tertiary/aromatic N) is 2. The van der Waals surface area contributed by atoms with E-state index < -0.39 is 0 Å². The van der Waals surface area contributed by atoms with Crippen molar-refractivity contribution < 1.29 is 9.59 Å². The van der Waals surface area contributed by atoms with Gasteiger partial charge in [-0.3, -0.25) is 9.59 Å². The lowest BCUT2D eigenvalue weighted by Crippen LogP contribution is -2.48. The van der Waals surface area contributed by atoms with E-state index in [2.05, 4.69) is 5.32 Å². The van der Waals surface area contributed by atoms with E-state index in [9.17, 15) is 9.59 Å². The standard InChI is InChI=1S/C15H20ClN3O2/c16-14-3-1-13(2-4-14)11-17-6-5-15(21)19-9-7-18(12-20)8-10-19/h1-4,12,17H,5-11H2. The van der Waals surface area contributed by atoms with E-state index in [1.165, 1.54) is 0 Å². The fraction of sp³-hybridized carbons (Fsp3) is 0.467. The van der Waals surface area contributed by atoms with Crippen molar-refractivity contribution in [3.8, 4) is 0 Å². The zero-order valence-corrected chi connectivity index (χ0v) is 12.7. The molecule has 0 atom stereocenters. The van der Waals surface area contributed by atoms with Gasteiger partial charge in [-0.25, -0.2) is 0 Å². The molecular formula is C15H20ClN3O2. The minimum absolute atomic E-state index is 0.143. The van der Waals surface area contributed by atoms with Crippen LogP contribution in [0.3, 0.4) is 0 Å². The van der Waals surface area contributed by atoms with Crippen LogP contribution < -0.4 is 5.32 Å². The van der Waals surface area contributed by atoms with Gasteiger partial charge in [0.05, 0.1) is 0 Å². The summed E-state index contributed by atoms with van der Waals surface area (Å²) < 4.78 is 0. The maximum Gasteiger partial charge on any atom is 0.223 e. The molecule has 0 bridgehead atoms. The summed E-state index contributed by atoms with van der Waals surface area (Å²) in [5.74, 6) is 0.143. The number of rotatable bonds is 6. The van der Waals surface area contributed by atoms with Crippen molar-refractivity contribution >= 4 is 23.9 Å². The maximum atomic E-state index is 12.0. The summed E-state index contributed by atoms with van der Waals surface area (Å²) in [6.07, 6.45) is 1.32. The molecule has 0 aliphatic carbocycles. The first-order valence-corrected chi connectivity index (χ1v) is 7.49. The molecule has 0 spiro atoms. The molecule has 0 saturated carbocycles. The zero-order valence-electron chi connectivity index (χ0n) is 11.9. The molecule has 1 aromatic rings. The number of benzene rings is 1. The first kappa shape index (κ1) is 15.8. The lowest BCUT2D eigenvalue weighted by atomic mass is 10.2. The molecule has 1 N–H and O–H groups in total. The maximum absolute atomic E-state index is 12.0. The van der Waals surface area contributed by atoms with Gasteiger partial charge >= 0.3 is 0 Å². The highest BCUT2D eigenvalue weighted by atomic mass is 35.5. The van der Waals surface area contributed by atoms with Crippen LogP contribution in [0.15, 0.2) is 24.3 Å². The molecule has 5 nitrogen and oxygen atoms in total. The number of nitrogens with one attached hydrogen (secondary N) is 1. The van der Waals surface area contributed by atoms with Gasteiger partial charge in [0, 0.05) is 50.7 Å². The number of hydrogen-bond donors (Lipinski definition) is 1. The average molecular weight is 310 g/mol. The van der Waals surface area contributed by atoms with E-state index in [-0.39, 0.29) is 5.91 Å². The van der Waals surface area contributed by atoms with Crippen LogP contribution in [0, 0.1) is 0 Å². The Morgan fingerprint density at radius 3 is 2.48 bits per heavy atom. The van der Waals surface area contributed by atoms with Gasteiger partial charge in [0.2, 0.25) is 12.3 Å². The number of carbonyl (C=O) groups excluding carboxylic acids is 2. The van der Waals surface area contributed by atoms with Crippen molar-refractivity contribution in [1.29, 1.82) is 0 Å². The third-order valence-corrected chi connectivity index (χ3v) is 3.83. The van der Waals surface area contributed by atoms with Crippen LogP contribution in [0.4, 0.5) is 0 Å². The smallest absolute Gasteiger partial charge is 0.223 e. The van der Waals surface area contributed by atoms with E-state index >= 15 is 0 Å². The van der Waals surface area contributed by atoms with Gasteiger partial charge in [0.1, 0.15) is 0 Å². The molecule has 2 amide bonds. The van der Waals surface area contributed by atoms with E-state index in [1.807, 2.05) is 29.2 Å². The van der Waals surface area contributed by atoms with Gasteiger partial charge in [-0.2, -0.15) is 0 Å². The number of carbonyl (C=O) groups is 2. The summed E-state index contributed by atoms with van der Waals surface area (Å²) in [6, 6.07) is 7.65. The van der Waals surface area contributed by atoms with E-state index in [0.717, 1.165) is 23.5 Å². The molecule has 114 valence electrons. The van der Waals surface area contributed by atoms with Crippen molar-refractivity contribution in [2.75, 3.05) is 32.7 Å². The second-order valence-corrected chi connectivity index (χ2v) is 5.51. The fourth-order valence-corrected chi connectivity index (χ4v) is 2.39. The van der Waals surface area contributed by atoms with Crippen LogP contribution in [0.25, 0.3) is 0 Å². The summed E-state index contributed by atoms with van der Waals surface area (Å²) in [5, 5.41) is 3.98. The molecule has 1 aliphatic rings. The second kappa shape index (κ2) is 8.00. The van der Waals surface area contributed by atoms with Crippen LogP contribution in [-0.2, 0) is 16.1 Å². The van der Waals surface area contributed by atoms with Crippen molar-refractivity contribution in [2.45, 2.75) is 13.0 Å². The summed E-state index contributed by atoms with van der Waals surface area (Å²) in [7, 11) is 0. The SMILES string of the molecule is O=CN1CCN(C(=O)CCNCc2ccc(Cl)cc2)CC1. The van der Waals surface area contributed by atoms with Crippen LogP contribution >= 0.6 is 11.6 Å². The van der Waals surface area contributed by atoms with E-state index in [0.29, 0.717) is 39.1 Å². The summed E-state index contributed by atoms with van der Waals surface area (Å²) in [5.41, 5.74) is 1.14. The topological polar surface area (TPSA) is 52.7 Å². The van der Waals surface area contributed by atoms with Gasteiger partial charge in [-0.1, -0.05) is 23.7 Å². The van der Waals surface area contributed by atoms with Crippen LogP contribution in [0.5, 0.6) is 0 Å². The highest BCUT2D eigenvalue weighted by Gasteiger charge is 2.19. The third-order valence-electron chi connectivity index (χ3n) is 3.57. The number of halogens is 1. The molecular weight excluding hydrogens is 290 g/mol. The van der Waals surface area contributed by atoms with Crippen molar-refractivity contribution in [2.24, 2.45) is 0 Å². The predicted molar refractivity (Wildman–Crippen MR) is 82.0 cm³/mol. The Morgan fingerprint density at radius 2 is 1.86 bits per heavy atom. The Bertz CT molecular complexity index is 470. The van der Waals surface area contributed by atoms with Gasteiger partial charge in [-0.15, -0.1) is 0 Å². The fourth-order valence-electron chi connectivity index (χ4n) is 2.27. The van der Waals surface area contributed by atoms with Crippen molar-refractivity contribution in [1.82, 2.24) is 15.1 Å². The van der Waals surface area contributed by atoms with E-state index in [4.69, 9.17) is 11.6 Å². The predicted octanol–water partition coefficient (Wildman–Crippen LogP) is 1.12. The first-order chi connectivity index (χ1) is 10.2. The highest BCUT2D eigenvalue weighted by Crippen LogP contribution is 2.09. The number of amides is 2. The van der Waals surface area contributed by atoms with Gasteiger partial charge in [0.25, 0.3) is 0 Å². The highest BCUT2D eigenvalue weighted by molar-refractivity contribution is 6.30. The Kier molecular flexibility index (Phi) is 6.02. The minimum Gasteiger partial charge on any atom is -0.342 e. The first-order valence-electron chi connectivity index (χ1n) is 7.11. The lowest BCUT2D eigenvalue weighted by Gasteiger charge is -2.32. The molecule has 0 aromatic heterocycles. The van der Waals surface area contributed by atoms with Gasteiger partial charge in [-0.05, 0) is 17.7 Å². The van der Waals surface area contributed by atoms with Crippen molar-refractivity contribution in [3.63, 3.8) is 0 Å². The second-order valence-electron chi connectivity index (χ2n) is 5.08. The zero-order chi connectivity index (χ0) is 15.1. The van der Waals surface area contributed by atoms with Crippen LogP contribution in [-0.4, -0.2) is 54.8 Å². The summed E-state index contributed by atoms with van der Waals surface area (Å²) in [4.78, 5) is 26.1. The van der Waals surface area contributed by atoms with Gasteiger partial charge < -0.3 is 15.1 Å². The summed E-state index contributed by atoms with van der Waals surface area (Å²) >= 11 is 5.83. The molecule has 2 rings (SSSR count). The minimum atomic E-state index is 0.143. The van der Waals surface area contributed by atoms with Crippen LogP contribution in [0.2, 0.25) is 5.02 Å². The monoisotopic (exact) mass is 309 g/mol. The average Bonchev–Trinajstić information content (AvgIpc) is 2.53. The molecule has 1 fully saturated rings. The Balaban J connectivity index is 1.63.